The van der Waals surface area contributed by atoms with E-state index in [0.717, 1.165) is 29.4 Å². The Balaban J connectivity index is 1.73. The van der Waals surface area contributed by atoms with Crippen LogP contribution >= 0.6 is 23.4 Å². The van der Waals surface area contributed by atoms with Crippen LogP contribution in [0.5, 0.6) is 0 Å². The lowest BCUT2D eigenvalue weighted by Crippen LogP contribution is -2.17. The Morgan fingerprint density at radius 1 is 1.35 bits per heavy atom. The first-order valence-electron chi connectivity index (χ1n) is 7.82. The third-order valence-corrected chi connectivity index (χ3v) is 4.93. The zero-order valence-electron chi connectivity index (χ0n) is 13.5. The molecule has 23 heavy (non-hydrogen) atoms. The average Bonchev–Trinajstić information content (AvgIpc) is 3.00. The second-order valence-electron chi connectivity index (χ2n) is 5.37. The Morgan fingerprint density at radius 2 is 2.09 bits per heavy atom. The van der Waals surface area contributed by atoms with Gasteiger partial charge in [-0.2, -0.15) is 5.10 Å². The van der Waals surface area contributed by atoms with E-state index in [-0.39, 0.29) is 11.9 Å². The molecule has 0 radical (unpaired) electrons. The third kappa shape index (κ3) is 5.59. The summed E-state index contributed by atoms with van der Waals surface area (Å²) >= 11 is 7.59. The highest BCUT2D eigenvalue weighted by Crippen LogP contribution is 2.22. The molecule has 0 aliphatic heterocycles. The van der Waals surface area contributed by atoms with Crippen molar-refractivity contribution >= 4 is 35.1 Å². The Hall–Kier alpha value is -1.46. The number of hydrogen-bond acceptors (Lipinski definition) is 3. The summed E-state index contributed by atoms with van der Waals surface area (Å²) in [5.74, 6) is 1.71. The zero-order valence-corrected chi connectivity index (χ0v) is 15.0. The van der Waals surface area contributed by atoms with Crippen LogP contribution in [-0.2, 0) is 4.79 Å². The van der Waals surface area contributed by atoms with Crippen molar-refractivity contribution in [2.24, 2.45) is 0 Å². The molecule has 2 rings (SSSR count). The Kier molecular flexibility index (Phi) is 6.99. The van der Waals surface area contributed by atoms with E-state index < -0.39 is 0 Å². The lowest BCUT2D eigenvalue weighted by molar-refractivity contribution is -0.116. The third-order valence-electron chi connectivity index (χ3n) is 3.58. The van der Waals surface area contributed by atoms with E-state index in [1.54, 1.807) is 18.0 Å². The van der Waals surface area contributed by atoms with Gasteiger partial charge >= 0.3 is 0 Å². The normalized spacial score (nSPS) is 12.1. The summed E-state index contributed by atoms with van der Waals surface area (Å²) in [5, 5.41) is 7.96. The quantitative estimate of drug-likeness (QED) is 0.536. The smallest absolute Gasteiger partial charge is 0.225 e. The summed E-state index contributed by atoms with van der Waals surface area (Å²) in [6, 6.07) is 9.88. The van der Waals surface area contributed by atoms with E-state index in [9.17, 15) is 4.79 Å². The number of benzene rings is 1. The number of aromatic nitrogens is 2. The van der Waals surface area contributed by atoms with Crippen molar-refractivity contribution in [1.82, 2.24) is 9.78 Å². The van der Waals surface area contributed by atoms with Gasteiger partial charge in [0.15, 0.2) is 0 Å². The van der Waals surface area contributed by atoms with Gasteiger partial charge in [0.25, 0.3) is 0 Å². The van der Waals surface area contributed by atoms with Crippen LogP contribution < -0.4 is 5.32 Å². The van der Waals surface area contributed by atoms with Crippen molar-refractivity contribution in [2.45, 2.75) is 44.0 Å². The van der Waals surface area contributed by atoms with Crippen LogP contribution in [0.1, 0.15) is 39.2 Å². The van der Waals surface area contributed by atoms with Crippen LogP contribution in [0.15, 0.2) is 41.4 Å². The maximum absolute atomic E-state index is 12.1. The number of hydrogen-bond donors (Lipinski definition) is 1. The summed E-state index contributed by atoms with van der Waals surface area (Å²) < 4.78 is 1.86. The number of halogens is 1. The highest BCUT2D eigenvalue weighted by atomic mass is 35.5. The summed E-state index contributed by atoms with van der Waals surface area (Å²) in [5.41, 5.74) is 0. The fourth-order valence-electron chi connectivity index (χ4n) is 2.10. The molecule has 1 heterocycles. The lowest BCUT2D eigenvalue weighted by atomic mass is 10.3. The average molecular weight is 352 g/mol. The first-order chi connectivity index (χ1) is 11.1. The highest BCUT2D eigenvalue weighted by Gasteiger charge is 2.10. The maximum Gasteiger partial charge on any atom is 0.225 e. The first-order valence-corrected chi connectivity index (χ1v) is 9.18. The highest BCUT2D eigenvalue weighted by molar-refractivity contribution is 7.99. The van der Waals surface area contributed by atoms with Gasteiger partial charge in [0, 0.05) is 22.4 Å². The van der Waals surface area contributed by atoms with Gasteiger partial charge in [-0.05, 0) is 49.8 Å². The van der Waals surface area contributed by atoms with Crippen LogP contribution in [-0.4, -0.2) is 21.4 Å². The monoisotopic (exact) mass is 351 g/mol. The van der Waals surface area contributed by atoms with Crippen LogP contribution in [0, 0.1) is 0 Å². The molecule has 1 N–H and O–H groups in total. The molecule has 0 bridgehead atoms. The Bertz CT molecular complexity index is 627. The number of amides is 1. The maximum atomic E-state index is 12.1. The fourth-order valence-corrected chi connectivity index (χ4v) is 3.08. The van der Waals surface area contributed by atoms with Gasteiger partial charge in [-0.15, -0.1) is 11.8 Å². The van der Waals surface area contributed by atoms with Crippen molar-refractivity contribution in [3.63, 3.8) is 0 Å². The molecule has 0 spiro atoms. The van der Waals surface area contributed by atoms with Crippen molar-refractivity contribution in [3.05, 3.63) is 41.6 Å². The zero-order chi connectivity index (χ0) is 16.7. The van der Waals surface area contributed by atoms with E-state index in [2.05, 4.69) is 24.3 Å². The molecule has 1 atom stereocenters. The molecular formula is C17H22ClN3OS. The van der Waals surface area contributed by atoms with Gasteiger partial charge in [0.2, 0.25) is 5.91 Å². The summed E-state index contributed by atoms with van der Waals surface area (Å²) in [6.45, 7) is 4.19. The number of rotatable bonds is 8. The molecule has 0 fully saturated rings. The molecular weight excluding hydrogens is 330 g/mol. The second-order valence-corrected chi connectivity index (χ2v) is 6.98. The summed E-state index contributed by atoms with van der Waals surface area (Å²) in [7, 11) is 0. The van der Waals surface area contributed by atoms with Gasteiger partial charge in [0.05, 0.1) is 12.2 Å². The van der Waals surface area contributed by atoms with Crippen molar-refractivity contribution in [3.8, 4) is 0 Å². The number of nitrogens with zero attached hydrogens (tertiary/aromatic N) is 2. The minimum atomic E-state index is 0.0340. The number of thioether (sulfide) groups is 1. The van der Waals surface area contributed by atoms with Crippen LogP contribution in [0.2, 0.25) is 5.02 Å². The molecule has 0 saturated carbocycles. The predicted octanol–water partition coefficient (Wildman–Crippen LogP) is 5.02. The lowest BCUT2D eigenvalue weighted by Gasteiger charge is -2.14. The van der Waals surface area contributed by atoms with E-state index in [1.807, 2.05) is 35.0 Å². The molecule has 1 aromatic heterocycles. The van der Waals surface area contributed by atoms with Gasteiger partial charge in [-0.1, -0.05) is 18.5 Å². The van der Waals surface area contributed by atoms with Crippen molar-refractivity contribution in [2.75, 3.05) is 11.1 Å². The molecule has 4 nitrogen and oxygen atoms in total. The first kappa shape index (κ1) is 17.9. The van der Waals surface area contributed by atoms with Crippen LogP contribution in [0.25, 0.3) is 0 Å². The van der Waals surface area contributed by atoms with Crippen LogP contribution in [0.3, 0.4) is 0 Å². The number of anilines is 1. The molecule has 0 aliphatic rings. The minimum absolute atomic E-state index is 0.0340. The molecule has 124 valence electrons. The van der Waals surface area contributed by atoms with E-state index in [1.165, 1.54) is 4.90 Å². The standard InChI is InChI=1S/C17H22ClN3OS/c1-3-13(2)21-16(10-11-19-21)20-17(22)5-4-12-23-15-8-6-14(18)7-9-15/h6-11,13H,3-5,12H2,1-2H3,(H,20,22). The predicted molar refractivity (Wildman–Crippen MR) is 97.3 cm³/mol. The molecule has 0 saturated heterocycles. The van der Waals surface area contributed by atoms with Gasteiger partial charge in [-0.3, -0.25) is 4.79 Å². The summed E-state index contributed by atoms with van der Waals surface area (Å²) in [4.78, 5) is 13.2. The number of nitrogens with one attached hydrogen (secondary N) is 1. The Labute approximate surface area is 146 Å². The minimum Gasteiger partial charge on any atom is -0.311 e. The van der Waals surface area contributed by atoms with Crippen molar-refractivity contribution < 1.29 is 4.79 Å². The largest absolute Gasteiger partial charge is 0.311 e. The number of carbonyl (C=O) groups excluding carboxylic acids is 1. The van der Waals surface area contributed by atoms with Crippen molar-refractivity contribution in [1.29, 1.82) is 0 Å². The molecule has 1 unspecified atom stereocenters. The number of carbonyl (C=O) groups is 1. The van der Waals surface area contributed by atoms with Crippen LogP contribution in [0.4, 0.5) is 5.82 Å². The molecule has 1 amide bonds. The topological polar surface area (TPSA) is 46.9 Å². The SMILES string of the molecule is CCC(C)n1nccc1NC(=O)CCCSc1ccc(Cl)cc1. The fraction of sp³-hybridized carbons (Fsp3) is 0.412. The van der Waals surface area contributed by atoms with E-state index >= 15 is 0 Å². The molecule has 1 aromatic carbocycles. The second kappa shape index (κ2) is 8.99. The van der Waals surface area contributed by atoms with Gasteiger partial charge < -0.3 is 5.32 Å². The molecule has 0 aliphatic carbocycles. The van der Waals surface area contributed by atoms with Gasteiger partial charge in [-0.25, -0.2) is 4.68 Å². The molecule has 2 aromatic rings. The van der Waals surface area contributed by atoms with E-state index in [0.29, 0.717) is 6.42 Å². The van der Waals surface area contributed by atoms with E-state index in [4.69, 9.17) is 11.6 Å². The Morgan fingerprint density at radius 3 is 2.78 bits per heavy atom. The van der Waals surface area contributed by atoms with Gasteiger partial charge in [0.1, 0.15) is 5.82 Å². The summed E-state index contributed by atoms with van der Waals surface area (Å²) in [6.07, 6.45) is 4.03. The molecule has 6 heteroatoms.